The van der Waals surface area contributed by atoms with Crippen molar-refractivity contribution in [2.24, 2.45) is 0 Å². The molecular weight excluding hydrogens is 314 g/mol. The molecule has 0 saturated carbocycles. The van der Waals surface area contributed by atoms with Crippen LogP contribution in [-0.2, 0) is 6.54 Å². The maximum absolute atomic E-state index is 11.9. The zero-order valence-electron chi connectivity index (χ0n) is 14.8. The predicted molar refractivity (Wildman–Crippen MR) is 101 cm³/mol. The lowest BCUT2D eigenvalue weighted by molar-refractivity contribution is 0.101. The van der Waals surface area contributed by atoms with Crippen molar-refractivity contribution in [1.82, 2.24) is 10.2 Å². The van der Waals surface area contributed by atoms with Crippen LogP contribution >= 0.6 is 0 Å². The fraction of sp³-hybridized carbons (Fsp3) is 0.300. The Bertz CT molecular complexity index is 701. The van der Waals surface area contributed by atoms with Crippen molar-refractivity contribution in [2.45, 2.75) is 19.9 Å². The minimum atomic E-state index is -0.258. The molecule has 2 amide bonds. The number of amides is 2. The van der Waals surface area contributed by atoms with E-state index in [4.69, 9.17) is 0 Å². The summed E-state index contributed by atoms with van der Waals surface area (Å²) in [5.41, 5.74) is 2.48. The third-order valence-electron chi connectivity index (χ3n) is 3.82. The molecule has 0 aliphatic heterocycles. The number of carbonyl (C=O) groups excluding carboxylic acids is 2. The zero-order chi connectivity index (χ0) is 18.1. The molecule has 132 valence electrons. The minimum absolute atomic E-state index is 0.0227. The SMILES string of the molecule is CC(=O)c1cccc(NC(=O)NCCCN(C)Cc2ccccc2)c1. The van der Waals surface area contributed by atoms with Gasteiger partial charge in [0.2, 0.25) is 0 Å². The summed E-state index contributed by atoms with van der Waals surface area (Å²) in [6, 6.07) is 17.0. The highest BCUT2D eigenvalue weighted by molar-refractivity contribution is 5.96. The molecule has 0 fully saturated rings. The van der Waals surface area contributed by atoms with Crippen LogP contribution in [0, 0.1) is 0 Å². The Morgan fingerprint density at radius 3 is 2.52 bits per heavy atom. The van der Waals surface area contributed by atoms with Crippen molar-refractivity contribution >= 4 is 17.5 Å². The number of hydrogen-bond acceptors (Lipinski definition) is 3. The van der Waals surface area contributed by atoms with Crippen molar-refractivity contribution in [3.8, 4) is 0 Å². The predicted octanol–water partition coefficient (Wildman–Crippen LogP) is 3.53. The Morgan fingerprint density at radius 1 is 1.04 bits per heavy atom. The average Bonchev–Trinajstić information content (AvgIpc) is 2.60. The van der Waals surface area contributed by atoms with Crippen LogP contribution in [0.4, 0.5) is 10.5 Å². The summed E-state index contributed by atoms with van der Waals surface area (Å²) >= 11 is 0. The van der Waals surface area contributed by atoms with E-state index in [1.54, 1.807) is 24.3 Å². The molecule has 5 heteroatoms. The van der Waals surface area contributed by atoms with Crippen LogP contribution in [-0.4, -0.2) is 36.9 Å². The van der Waals surface area contributed by atoms with Crippen LogP contribution in [0.15, 0.2) is 54.6 Å². The van der Waals surface area contributed by atoms with E-state index in [2.05, 4.69) is 34.7 Å². The number of Topliss-reactive ketones (excluding diaryl/α,β-unsaturated/α-hetero) is 1. The summed E-state index contributed by atoms with van der Waals surface area (Å²) in [6.45, 7) is 3.89. The second-order valence-corrected chi connectivity index (χ2v) is 6.09. The third kappa shape index (κ3) is 6.77. The molecule has 0 spiro atoms. The lowest BCUT2D eigenvalue weighted by Gasteiger charge is -2.16. The van der Waals surface area contributed by atoms with E-state index < -0.39 is 0 Å². The van der Waals surface area contributed by atoms with Gasteiger partial charge in [-0.15, -0.1) is 0 Å². The molecule has 2 rings (SSSR count). The van der Waals surface area contributed by atoms with Gasteiger partial charge in [0.15, 0.2) is 5.78 Å². The molecule has 2 aromatic carbocycles. The van der Waals surface area contributed by atoms with Gasteiger partial charge in [0.25, 0.3) is 0 Å². The number of benzene rings is 2. The summed E-state index contributed by atoms with van der Waals surface area (Å²) in [6.07, 6.45) is 0.865. The normalized spacial score (nSPS) is 10.5. The summed E-state index contributed by atoms with van der Waals surface area (Å²) in [4.78, 5) is 25.5. The number of ketones is 1. The number of urea groups is 1. The van der Waals surface area contributed by atoms with Crippen LogP contribution in [0.1, 0.15) is 29.3 Å². The van der Waals surface area contributed by atoms with E-state index in [0.717, 1.165) is 19.5 Å². The monoisotopic (exact) mass is 339 g/mol. The van der Waals surface area contributed by atoms with Crippen LogP contribution < -0.4 is 10.6 Å². The van der Waals surface area contributed by atoms with Crippen LogP contribution in [0.2, 0.25) is 0 Å². The zero-order valence-corrected chi connectivity index (χ0v) is 14.8. The quantitative estimate of drug-likeness (QED) is 0.571. The molecule has 0 aliphatic carbocycles. The lowest BCUT2D eigenvalue weighted by atomic mass is 10.1. The Hall–Kier alpha value is -2.66. The Morgan fingerprint density at radius 2 is 1.80 bits per heavy atom. The topological polar surface area (TPSA) is 61.4 Å². The Kier molecular flexibility index (Phi) is 7.16. The molecule has 2 aromatic rings. The van der Waals surface area contributed by atoms with Crippen LogP contribution in [0.5, 0.6) is 0 Å². The number of hydrogen-bond donors (Lipinski definition) is 2. The molecule has 0 aromatic heterocycles. The van der Waals surface area contributed by atoms with Crippen molar-refractivity contribution in [1.29, 1.82) is 0 Å². The van der Waals surface area contributed by atoms with Gasteiger partial charge >= 0.3 is 6.03 Å². The Balaban J connectivity index is 1.67. The smallest absolute Gasteiger partial charge is 0.319 e. The molecule has 0 unspecified atom stereocenters. The van der Waals surface area contributed by atoms with Gasteiger partial charge in [0, 0.05) is 24.3 Å². The fourth-order valence-electron chi connectivity index (χ4n) is 2.52. The first-order chi connectivity index (χ1) is 12.0. The van der Waals surface area contributed by atoms with Gasteiger partial charge in [-0.1, -0.05) is 42.5 Å². The second kappa shape index (κ2) is 9.59. The highest BCUT2D eigenvalue weighted by Crippen LogP contribution is 2.11. The average molecular weight is 339 g/mol. The number of carbonyl (C=O) groups is 2. The highest BCUT2D eigenvalue weighted by Gasteiger charge is 2.05. The second-order valence-electron chi connectivity index (χ2n) is 6.09. The molecule has 0 radical (unpaired) electrons. The molecule has 0 aliphatic rings. The summed E-state index contributed by atoms with van der Waals surface area (Å²) in [5, 5.41) is 5.59. The number of nitrogens with zero attached hydrogens (tertiary/aromatic N) is 1. The summed E-state index contributed by atoms with van der Waals surface area (Å²) < 4.78 is 0. The van der Waals surface area contributed by atoms with Gasteiger partial charge in [-0.05, 0) is 44.6 Å². The first-order valence-electron chi connectivity index (χ1n) is 8.43. The lowest BCUT2D eigenvalue weighted by Crippen LogP contribution is -2.31. The van der Waals surface area contributed by atoms with E-state index in [1.807, 2.05) is 18.2 Å². The maximum Gasteiger partial charge on any atom is 0.319 e. The summed E-state index contributed by atoms with van der Waals surface area (Å²) in [7, 11) is 2.07. The number of nitrogens with one attached hydrogen (secondary N) is 2. The summed E-state index contributed by atoms with van der Waals surface area (Å²) in [5.74, 6) is -0.0227. The van der Waals surface area contributed by atoms with E-state index >= 15 is 0 Å². The van der Waals surface area contributed by atoms with E-state index in [-0.39, 0.29) is 11.8 Å². The standard InChI is InChI=1S/C20H25N3O2/c1-16(24)18-10-6-11-19(14-18)22-20(25)21-12-7-13-23(2)15-17-8-4-3-5-9-17/h3-6,8-11,14H,7,12-13,15H2,1-2H3,(H2,21,22,25). The molecule has 25 heavy (non-hydrogen) atoms. The minimum Gasteiger partial charge on any atom is -0.338 e. The molecule has 5 nitrogen and oxygen atoms in total. The largest absolute Gasteiger partial charge is 0.338 e. The van der Waals surface area contributed by atoms with E-state index in [1.165, 1.54) is 12.5 Å². The van der Waals surface area contributed by atoms with Gasteiger partial charge in [0.05, 0.1) is 0 Å². The third-order valence-corrected chi connectivity index (χ3v) is 3.82. The maximum atomic E-state index is 11.9. The van der Waals surface area contributed by atoms with E-state index in [0.29, 0.717) is 17.8 Å². The Labute approximate surface area is 149 Å². The van der Waals surface area contributed by atoms with Gasteiger partial charge in [-0.2, -0.15) is 0 Å². The first kappa shape index (κ1) is 18.7. The molecule has 0 atom stereocenters. The van der Waals surface area contributed by atoms with Crippen LogP contribution in [0.3, 0.4) is 0 Å². The van der Waals surface area contributed by atoms with E-state index in [9.17, 15) is 9.59 Å². The molecule has 2 N–H and O–H groups in total. The van der Waals surface area contributed by atoms with Crippen molar-refractivity contribution in [2.75, 3.05) is 25.5 Å². The molecule has 0 heterocycles. The molecule has 0 saturated heterocycles. The number of rotatable bonds is 8. The highest BCUT2D eigenvalue weighted by atomic mass is 16.2. The van der Waals surface area contributed by atoms with Gasteiger partial charge in [-0.25, -0.2) is 4.79 Å². The van der Waals surface area contributed by atoms with Crippen LogP contribution in [0.25, 0.3) is 0 Å². The van der Waals surface area contributed by atoms with Gasteiger partial charge in [-0.3, -0.25) is 4.79 Å². The molecule has 0 bridgehead atoms. The number of anilines is 1. The van der Waals surface area contributed by atoms with Gasteiger partial charge in [0.1, 0.15) is 0 Å². The first-order valence-corrected chi connectivity index (χ1v) is 8.43. The van der Waals surface area contributed by atoms with Crippen molar-refractivity contribution in [3.63, 3.8) is 0 Å². The molecular formula is C20H25N3O2. The van der Waals surface area contributed by atoms with Crippen molar-refractivity contribution in [3.05, 3.63) is 65.7 Å². The fourth-order valence-corrected chi connectivity index (χ4v) is 2.52. The van der Waals surface area contributed by atoms with Gasteiger partial charge < -0.3 is 15.5 Å². The van der Waals surface area contributed by atoms with Crippen molar-refractivity contribution < 1.29 is 9.59 Å².